The molecule has 0 saturated heterocycles. The summed E-state index contributed by atoms with van der Waals surface area (Å²) in [5.74, 6) is 0.898. The van der Waals surface area contributed by atoms with Crippen LogP contribution in [-0.2, 0) is 0 Å². The lowest BCUT2D eigenvalue weighted by molar-refractivity contribution is 1.08. The molecule has 3 heterocycles. The van der Waals surface area contributed by atoms with Crippen LogP contribution in [-0.4, -0.2) is 14.1 Å². The zero-order valence-corrected chi connectivity index (χ0v) is 27.2. The minimum atomic E-state index is 0.898. The Kier molecular flexibility index (Phi) is 6.49. The van der Waals surface area contributed by atoms with Gasteiger partial charge in [0, 0.05) is 32.8 Å². The Hall–Kier alpha value is -6.71. The minimum Gasteiger partial charge on any atom is -0.309 e. The van der Waals surface area contributed by atoms with Gasteiger partial charge in [0.1, 0.15) is 5.82 Å². The summed E-state index contributed by atoms with van der Waals surface area (Å²) >= 11 is 0. The smallest absolute Gasteiger partial charge is 0.138 e. The van der Waals surface area contributed by atoms with Gasteiger partial charge in [0.15, 0.2) is 0 Å². The van der Waals surface area contributed by atoms with E-state index in [1.165, 1.54) is 43.7 Å². The van der Waals surface area contributed by atoms with Gasteiger partial charge in [-0.05, 0) is 76.9 Å². The molecule has 10 aromatic rings. The Morgan fingerprint density at radius 3 is 1.70 bits per heavy atom. The van der Waals surface area contributed by atoms with Crippen molar-refractivity contribution in [3.63, 3.8) is 0 Å². The Morgan fingerprint density at radius 1 is 0.340 bits per heavy atom. The maximum atomic E-state index is 5.34. The number of hydrogen-bond donors (Lipinski definition) is 0. The summed E-state index contributed by atoms with van der Waals surface area (Å²) in [6.45, 7) is 0. The molecular formula is C47H31N3. The summed E-state index contributed by atoms with van der Waals surface area (Å²) in [7, 11) is 0. The van der Waals surface area contributed by atoms with Crippen LogP contribution < -0.4 is 0 Å². The molecule has 0 aliphatic rings. The first-order chi connectivity index (χ1) is 24.8. The van der Waals surface area contributed by atoms with E-state index in [0.717, 1.165) is 44.9 Å². The van der Waals surface area contributed by atoms with Crippen molar-refractivity contribution in [1.82, 2.24) is 14.1 Å². The van der Waals surface area contributed by atoms with Crippen molar-refractivity contribution >= 4 is 43.6 Å². The highest BCUT2D eigenvalue weighted by Gasteiger charge is 2.19. The van der Waals surface area contributed by atoms with Crippen molar-refractivity contribution < 1.29 is 0 Å². The van der Waals surface area contributed by atoms with E-state index in [-0.39, 0.29) is 0 Å². The highest BCUT2D eigenvalue weighted by Crippen LogP contribution is 2.41. The van der Waals surface area contributed by atoms with Gasteiger partial charge in [-0.15, -0.1) is 0 Å². The maximum absolute atomic E-state index is 5.34. The van der Waals surface area contributed by atoms with Crippen LogP contribution in [0.5, 0.6) is 0 Å². The van der Waals surface area contributed by atoms with Gasteiger partial charge in [-0.25, -0.2) is 4.98 Å². The molecule has 50 heavy (non-hydrogen) atoms. The SMILES string of the molecule is c1ccc(-c2cc(-c3ccccc3)nc(-n3c4ccccc4c4c(-c5ccc6c(c5)c5ccccc5n6-c5ccccc5)cccc43)c2)cc1. The van der Waals surface area contributed by atoms with Crippen molar-refractivity contribution in [2.75, 3.05) is 0 Å². The molecule has 0 atom stereocenters. The van der Waals surface area contributed by atoms with E-state index >= 15 is 0 Å². The van der Waals surface area contributed by atoms with E-state index in [0.29, 0.717) is 0 Å². The van der Waals surface area contributed by atoms with Gasteiger partial charge in [0.05, 0.1) is 27.8 Å². The third-order valence-corrected chi connectivity index (χ3v) is 9.91. The highest BCUT2D eigenvalue weighted by molar-refractivity contribution is 6.17. The third-order valence-electron chi connectivity index (χ3n) is 9.91. The Balaban J connectivity index is 1.23. The van der Waals surface area contributed by atoms with Crippen LogP contribution >= 0.6 is 0 Å². The normalized spacial score (nSPS) is 11.6. The van der Waals surface area contributed by atoms with Gasteiger partial charge in [-0.2, -0.15) is 0 Å². The zero-order chi connectivity index (χ0) is 33.0. The molecular weight excluding hydrogens is 607 g/mol. The number of fused-ring (bicyclic) bond motifs is 6. The van der Waals surface area contributed by atoms with Gasteiger partial charge >= 0.3 is 0 Å². The van der Waals surface area contributed by atoms with Crippen molar-refractivity contribution in [3.8, 4) is 45.0 Å². The van der Waals surface area contributed by atoms with Crippen molar-refractivity contribution in [2.24, 2.45) is 0 Å². The van der Waals surface area contributed by atoms with Crippen LogP contribution in [0, 0.1) is 0 Å². The van der Waals surface area contributed by atoms with Crippen molar-refractivity contribution in [1.29, 1.82) is 0 Å². The number of rotatable bonds is 5. The summed E-state index contributed by atoms with van der Waals surface area (Å²) in [5, 5.41) is 4.92. The Bertz CT molecular complexity index is 2790. The third kappa shape index (κ3) is 4.48. The largest absolute Gasteiger partial charge is 0.309 e. The molecule has 0 aliphatic heterocycles. The molecule has 10 rings (SSSR count). The molecule has 0 unspecified atom stereocenters. The summed E-state index contributed by atoms with van der Waals surface area (Å²) in [6, 6.07) is 67.2. The minimum absolute atomic E-state index is 0.898. The first-order valence-electron chi connectivity index (χ1n) is 17.1. The van der Waals surface area contributed by atoms with Gasteiger partial charge in [-0.1, -0.05) is 133 Å². The van der Waals surface area contributed by atoms with Crippen molar-refractivity contribution in [2.45, 2.75) is 0 Å². The lowest BCUT2D eigenvalue weighted by Crippen LogP contribution is -2.00. The average Bonchev–Trinajstić information content (AvgIpc) is 3.71. The van der Waals surface area contributed by atoms with E-state index in [1.54, 1.807) is 0 Å². The first kappa shape index (κ1) is 28.3. The fraction of sp³-hybridized carbons (Fsp3) is 0. The van der Waals surface area contributed by atoms with Crippen LogP contribution in [0.15, 0.2) is 188 Å². The Morgan fingerprint density at radius 2 is 0.940 bits per heavy atom. The summed E-state index contributed by atoms with van der Waals surface area (Å²) < 4.78 is 4.71. The molecule has 234 valence electrons. The van der Waals surface area contributed by atoms with Crippen LogP contribution in [0.2, 0.25) is 0 Å². The van der Waals surface area contributed by atoms with Crippen LogP contribution in [0.4, 0.5) is 0 Å². The molecule has 0 aliphatic carbocycles. The predicted octanol–water partition coefficient (Wildman–Crippen LogP) is 12.3. The van der Waals surface area contributed by atoms with Gasteiger partial charge in [0.25, 0.3) is 0 Å². The number of benzene rings is 7. The first-order valence-corrected chi connectivity index (χ1v) is 17.1. The molecule has 0 amide bonds. The van der Waals surface area contributed by atoms with Crippen LogP contribution in [0.1, 0.15) is 0 Å². The molecule has 0 bridgehead atoms. The molecule has 3 nitrogen and oxygen atoms in total. The predicted molar refractivity (Wildman–Crippen MR) is 209 cm³/mol. The molecule has 0 radical (unpaired) electrons. The molecule has 0 spiro atoms. The number of nitrogens with zero attached hydrogens (tertiary/aromatic N) is 3. The average molecular weight is 638 g/mol. The highest BCUT2D eigenvalue weighted by atomic mass is 15.1. The summed E-state index contributed by atoms with van der Waals surface area (Å²) in [4.78, 5) is 5.34. The van der Waals surface area contributed by atoms with E-state index in [1.807, 2.05) is 0 Å². The molecule has 0 N–H and O–H groups in total. The lowest BCUT2D eigenvalue weighted by Gasteiger charge is -2.13. The molecule has 0 fully saturated rings. The van der Waals surface area contributed by atoms with Crippen molar-refractivity contribution in [3.05, 3.63) is 188 Å². The standard InChI is InChI=1S/C47H31N3/c1-4-15-32(16-5-1)35-30-41(33-17-6-2-7-18-33)48-46(31-35)50-43-25-13-11-22-39(43)47-37(23-14-26-45(47)50)34-27-28-44-40(29-34)38-21-10-12-24-42(38)49(44)36-19-8-3-9-20-36/h1-31H. The second-order valence-electron chi connectivity index (χ2n) is 12.8. The fourth-order valence-corrected chi connectivity index (χ4v) is 7.69. The van der Waals surface area contributed by atoms with E-state index < -0.39 is 0 Å². The second kappa shape index (κ2) is 11.5. The number of hydrogen-bond acceptors (Lipinski definition) is 1. The molecule has 0 saturated carbocycles. The molecule has 3 heteroatoms. The summed E-state index contributed by atoms with van der Waals surface area (Å²) in [5.41, 5.74) is 12.6. The number of aromatic nitrogens is 3. The zero-order valence-electron chi connectivity index (χ0n) is 27.2. The monoisotopic (exact) mass is 637 g/mol. The fourth-order valence-electron chi connectivity index (χ4n) is 7.69. The van der Waals surface area contributed by atoms with Gasteiger partial charge in [0.2, 0.25) is 0 Å². The topological polar surface area (TPSA) is 22.8 Å². The quantitative estimate of drug-likeness (QED) is 0.184. The number of pyridine rings is 1. The summed E-state index contributed by atoms with van der Waals surface area (Å²) in [6.07, 6.45) is 0. The molecule has 7 aromatic carbocycles. The van der Waals surface area contributed by atoms with Gasteiger partial charge < -0.3 is 4.57 Å². The van der Waals surface area contributed by atoms with E-state index in [4.69, 9.17) is 4.98 Å². The maximum Gasteiger partial charge on any atom is 0.138 e. The van der Waals surface area contributed by atoms with E-state index in [2.05, 4.69) is 197 Å². The van der Waals surface area contributed by atoms with Gasteiger partial charge in [-0.3, -0.25) is 4.57 Å². The second-order valence-corrected chi connectivity index (χ2v) is 12.8. The Labute approximate surface area is 290 Å². The molecule has 3 aromatic heterocycles. The number of para-hydroxylation sites is 3. The van der Waals surface area contributed by atoms with E-state index in [9.17, 15) is 0 Å². The van der Waals surface area contributed by atoms with Crippen LogP contribution in [0.3, 0.4) is 0 Å². The lowest BCUT2D eigenvalue weighted by atomic mass is 9.98. The van der Waals surface area contributed by atoms with Crippen LogP contribution in [0.25, 0.3) is 88.6 Å².